The summed E-state index contributed by atoms with van der Waals surface area (Å²) in [6.45, 7) is 2.36. The highest BCUT2D eigenvalue weighted by atomic mass is 16.6. The summed E-state index contributed by atoms with van der Waals surface area (Å²) in [6.07, 6.45) is 5.88. The van der Waals surface area contributed by atoms with Crippen molar-refractivity contribution in [2.45, 2.75) is 50.4 Å². The third-order valence-electron chi connectivity index (χ3n) is 5.02. The molecule has 21 heavy (non-hydrogen) atoms. The van der Waals surface area contributed by atoms with Gasteiger partial charge < -0.3 is 14.4 Å². The number of epoxide rings is 2. The van der Waals surface area contributed by atoms with Gasteiger partial charge in [0, 0.05) is 0 Å². The smallest absolute Gasteiger partial charge is 0.327 e. The summed E-state index contributed by atoms with van der Waals surface area (Å²) in [5, 5.41) is 0. The zero-order chi connectivity index (χ0) is 14.4. The van der Waals surface area contributed by atoms with Crippen LogP contribution < -0.4 is 0 Å². The fourth-order valence-corrected chi connectivity index (χ4v) is 3.70. The van der Waals surface area contributed by atoms with Gasteiger partial charge in [-0.15, -0.1) is 0 Å². The van der Waals surface area contributed by atoms with Gasteiger partial charge in [-0.1, -0.05) is 19.3 Å². The van der Waals surface area contributed by atoms with Crippen LogP contribution in [0.4, 0.5) is 4.79 Å². The van der Waals surface area contributed by atoms with Crippen molar-refractivity contribution in [1.29, 1.82) is 0 Å². The molecular weight excluding hydrogens is 272 g/mol. The number of nitrogens with zero attached hydrogens (tertiary/aromatic N) is 2. The number of imide groups is 1. The maximum Gasteiger partial charge on any atom is 0.327 e. The van der Waals surface area contributed by atoms with E-state index >= 15 is 0 Å². The number of urea groups is 1. The number of ether oxygens (including phenoxy) is 2. The molecule has 0 aromatic heterocycles. The molecule has 0 aromatic rings. The standard InChI is InChI=1S/C15H22N2O4/c18-14-13(10-4-2-1-3-5-10)16(6-11-8-20-11)15(19)17(14)7-12-9-21-12/h10-13H,1-9H2. The lowest BCUT2D eigenvalue weighted by Crippen LogP contribution is -2.43. The van der Waals surface area contributed by atoms with Gasteiger partial charge in [0.15, 0.2) is 0 Å². The van der Waals surface area contributed by atoms with Gasteiger partial charge in [0.05, 0.1) is 38.5 Å². The first-order chi connectivity index (χ1) is 10.2. The van der Waals surface area contributed by atoms with E-state index in [-0.39, 0.29) is 30.2 Å². The van der Waals surface area contributed by atoms with Crippen LogP contribution in [-0.2, 0) is 14.3 Å². The fourth-order valence-electron chi connectivity index (χ4n) is 3.70. The van der Waals surface area contributed by atoms with Gasteiger partial charge in [0.25, 0.3) is 5.91 Å². The molecule has 3 saturated heterocycles. The molecule has 0 aromatic carbocycles. The van der Waals surface area contributed by atoms with E-state index in [9.17, 15) is 9.59 Å². The van der Waals surface area contributed by atoms with Crippen molar-refractivity contribution in [3.8, 4) is 0 Å². The van der Waals surface area contributed by atoms with Gasteiger partial charge >= 0.3 is 6.03 Å². The Morgan fingerprint density at radius 3 is 2.19 bits per heavy atom. The average molecular weight is 294 g/mol. The van der Waals surface area contributed by atoms with Crippen LogP contribution in [0.5, 0.6) is 0 Å². The molecule has 4 fully saturated rings. The van der Waals surface area contributed by atoms with E-state index in [1.165, 1.54) is 24.2 Å². The molecule has 0 radical (unpaired) electrons. The van der Waals surface area contributed by atoms with Gasteiger partial charge in [-0.05, 0) is 18.8 Å². The van der Waals surface area contributed by atoms with Crippen molar-refractivity contribution in [3.05, 3.63) is 0 Å². The highest BCUT2D eigenvalue weighted by Crippen LogP contribution is 2.35. The number of hydrogen-bond donors (Lipinski definition) is 0. The molecule has 4 aliphatic rings. The van der Waals surface area contributed by atoms with E-state index in [2.05, 4.69) is 0 Å². The van der Waals surface area contributed by atoms with Crippen LogP contribution in [0.2, 0.25) is 0 Å². The Hall–Kier alpha value is -1.14. The third kappa shape index (κ3) is 2.66. The molecule has 0 N–H and O–H groups in total. The van der Waals surface area contributed by atoms with Crippen LogP contribution in [-0.4, -0.2) is 66.3 Å². The van der Waals surface area contributed by atoms with Gasteiger partial charge in [-0.3, -0.25) is 9.69 Å². The summed E-state index contributed by atoms with van der Waals surface area (Å²) in [7, 11) is 0. The van der Waals surface area contributed by atoms with Crippen LogP contribution in [0.25, 0.3) is 0 Å². The summed E-state index contributed by atoms with van der Waals surface area (Å²) >= 11 is 0. The summed E-state index contributed by atoms with van der Waals surface area (Å²) in [6, 6.07) is -0.401. The summed E-state index contributed by atoms with van der Waals surface area (Å²) < 4.78 is 10.5. The zero-order valence-electron chi connectivity index (χ0n) is 12.2. The van der Waals surface area contributed by atoms with Crippen LogP contribution in [0.15, 0.2) is 0 Å². The van der Waals surface area contributed by atoms with E-state index in [4.69, 9.17) is 9.47 Å². The summed E-state index contributed by atoms with van der Waals surface area (Å²) in [4.78, 5) is 28.6. The van der Waals surface area contributed by atoms with Gasteiger partial charge in [0.2, 0.25) is 0 Å². The quantitative estimate of drug-likeness (QED) is 0.560. The van der Waals surface area contributed by atoms with Crippen molar-refractivity contribution >= 4 is 11.9 Å². The first-order valence-corrected chi connectivity index (χ1v) is 8.09. The van der Waals surface area contributed by atoms with E-state index in [1.807, 2.05) is 0 Å². The van der Waals surface area contributed by atoms with Crippen molar-refractivity contribution in [2.75, 3.05) is 26.3 Å². The zero-order valence-corrected chi connectivity index (χ0v) is 12.2. The lowest BCUT2D eigenvalue weighted by molar-refractivity contribution is -0.130. The number of rotatable bonds is 5. The normalized spacial score (nSPS) is 36.5. The van der Waals surface area contributed by atoms with E-state index in [1.54, 1.807) is 4.90 Å². The molecule has 0 spiro atoms. The Bertz CT molecular complexity index is 441. The highest BCUT2D eigenvalue weighted by Gasteiger charge is 2.51. The lowest BCUT2D eigenvalue weighted by Gasteiger charge is -2.31. The molecule has 0 bridgehead atoms. The average Bonchev–Trinajstić information content (AvgIpc) is 3.38. The third-order valence-corrected chi connectivity index (χ3v) is 5.02. The van der Waals surface area contributed by atoms with E-state index in [0.29, 0.717) is 32.2 Å². The molecule has 3 atom stereocenters. The first-order valence-electron chi connectivity index (χ1n) is 8.09. The maximum atomic E-state index is 12.8. The topological polar surface area (TPSA) is 65.7 Å². The van der Waals surface area contributed by atoms with Crippen LogP contribution in [0.3, 0.4) is 0 Å². The Kier molecular flexibility index (Phi) is 3.38. The summed E-state index contributed by atoms with van der Waals surface area (Å²) in [5.41, 5.74) is 0. The Morgan fingerprint density at radius 1 is 0.952 bits per heavy atom. The molecule has 1 aliphatic carbocycles. The molecule has 116 valence electrons. The summed E-state index contributed by atoms with van der Waals surface area (Å²) in [5.74, 6) is 0.308. The second-order valence-electron chi connectivity index (χ2n) is 6.64. The molecule has 1 saturated carbocycles. The molecule has 6 nitrogen and oxygen atoms in total. The fraction of sp³-hybridized carbons (Fsp3) is 0.867. The largest absolute Gasteiger partial charge is 0.371 e. The SMILES string of the molecule is O=C1C(C2CCCCC2)N(CC2CO2)C(=O)N1CC1CO1. The second-order valence-corrected chi connectivity index (χ2v) is 6.64. The highest BCUT2D eigenvalue weighted by molar-refractivity contribution is 6.04. The Labute approximate surface area is 124 Å². The van der Waals surface area contributed by atoms with Crippen LogP contribution in [0.1, 0.15) is 32.1 Å². The van der Waals surface area contributed by atoms with E-state index in [0.717, 1.165) is 12.8 Å². The molecular formula is C15H22N2O4. The van der Waals surface area contributed by atoms with Crippen LogP contribution in [0, 0.1) is 5.92 Å². The molecule has 3 unspecified atom stereocenters. The predicted octanol–water partition coefficient (Wildman–Crippen LogP) is 0.997. The monoisotopic (exact) mass is 294 g/mol. The minimum atomic E-state index is -0.263. The number of amides is 3. The van der Waals surface area contributed by atoms with Crippen molar-refractivity contribution < 1.29 is 19.1 Å². The molecule has 6 heteroatoms. The van der Waals surface area contributed by atoms with Crippen molar-refractivity contribution in [3.63, 3.8) is 0 Å². The number of carbonyl (C=O) groups is 2. The lowest BCUT2D eigenvalue weighted by atomic mass is 9.83. The van der Waals surface area contributed by atoms with Gasteiger partial charge in [0.1, 0.15) is 6.04 Å². The first kappa shape index (κ1) is 13.5. The number of carbonyl (C=O) groups excluding carboxylic acids is 2. The predicted molar refractivity (Wildman–Crippen MR) is 73.7 cm³/mol. The second kappa shape index (κ2) is 5.25. The minimum absolute atomic E-state index is 0.0111. The molecule has 3 aliphatic heterocycles. The van der Waals surface area contributed by atoms with Crippen molar-refractivity contribution in [1.82, 2.24) is 9.80 Å². The van der Waals surface area contributed by atoms with E-state index < -0.39 is 0 Å². The van der Waals surface area contributed by atoms with Crippen molar-refractivity contribution in [2.24, 2.45) is 5.92 Å². The Morgan fingerprint density at radius 2 is 1.57 bits per heavy atom. The van der Waals surface area contributed by atoms with Gasteiger partial charge in [-0.25, -0.2) is 4.79 Å². The Balaban J connectivity index is 1.53. The molecule has 3 amide bonds. The minimum Gasteiger partial charge on any atom is -0.371 e. The molecule has 4 rings (SSSR count). The van der Waals surface area contributed by atoms with Crippen LogP contribution >= 0.6 is 0 Å². The molecule has 3 heterocycles. The maximum absolute atomic E-state index is 12.8. The van der Waals surface area contributed by atoms with Gasteiger partial charge in [-0.2, -0.15) is 0 Å². The number of hydrogen-bond acceptors (Lipinski definition) is 4.